The van der Waals surface area contributed by atoms with E-state index < -0.39 is 0 Å². The Kier molecular flexibility index (Phi) is 6.99. The summed E-state index contributed by atoms with van der Waals surface area (Å²) in [6, 6.07) is 8.28. The third kappa shape index (κ3) is 4.87. The number of nitrogens with zero attached hydrogens (tertiary/aromatic N) is 2. The first-order valence-electron chi connectivity index (χ1n) is 9.76. The van der Waals surface area contributed by atoms with Crippen LogP contribution in [-0.2, 0) is 4.79 Å². The molecule has 148 valence electrons. The average molecular weight is 415 g/mol. The largest absolute Gasteiger partial charge is 0.334 e. The lowest BCUT2D eigenvalue weighted by atomic mass is 10.1. The van der Waals surface area contributed by atoms with Crippen molar-refractivity contribution in [2.45, 2.75) is 27.7 Å². The molecule has 0 spiro atoms. The van der Waals surface area contributed by atoms with Crippen molar-refractivity contribution in [3.8, 4) is 0 Å². The molecule has 0 bridgehead atoms. The van der Waals surface area contributed by atoms with Crippen LogP contribution >= 0.6 is 22.7 Å². The fourth-order valence-corrected chi connectivity index (χ4v) is 4.95. The van der Waals surface area contributed by atoms with Gasteiger partial charge < -0.3 is 4.90 Å². The Morgan fingerprint density at radius 3 is 2.71 bits per heavy atom. The number of hydrogen-bond donors (Lipinski definition) is 1. The smallest absolute Gasteiger partial charge is 0.253 e. The van der Waals surface area contributed by atoms with Gasteiger partial charge in [-0.2, -0.15) is 0 Å². The Hall–Kier alpha value is -2.02. The number of fused-ring (bicyclic) bond motifs is 1. The number of quaternary nitrogens is 1. The number of benzene rings is 1. The molecule has 0 aliphatic carbocycles. The Morgan fingerprint density at radius 1 is 1.25 bits per heavy atom. The van der Waals surface area contributed by atoms with Gasteiger partial charge in [-0.25, -0.2) is 4.98 Å². The van der Waals surface area contributed by atoms with Crippen molar-refractivity contribution in [3.63, 3.8) is 0 Å². The van der Waals surface area contributed by atoms with E-state index in [2.05, 4.69) is 39.8 Å². The van der Waals surface area contributed by atoms with E-state index in [1.807, 2.05) is 28.5 Å². The number of nitrogens with one attached hydrogen (secondary N) is 1. The Morgan fingerprint density at radius 2 is 2.04 bits per heavy atom. The summed E-state index contributed by atoms with van der Waals surface area (Å²) in [5, 5.41) is 2.81. The van der Waals surface area contributed by atoms with Crippen molar-refractivity contribution in [3.05, 3.63) is 51.7 Å². The second kappa shape index (κ2) is 9.45. The summed E-state index contributed by atoms with van der Waals surface area (Å²) in [4.78, 5) is 22.3. The summed E-state index contributed by atoms with van der Waals surface area (Å²) >= 11 is 3.24. The molecule has 3 aromatic rings. The van der Waals surface area contributed by atoms with Crippen molar-refractivity contribution in [2.75, 3.05) is 31.1 Å². The molecule has 0 saturated carbocycles. The highest BCUT2D eigenvalue weighted by Crippen LogP contribution is 2.32. The number of likely N-dealkylation sites (N-methyl/N-ethyl adjacent to an activating group) is 1. The van der Waals surface area contributed by atoms with Crippen LogP contribution in [0.25, 0.3) is 16.3 Å². The van der Waals surface area contributed by atoms with Gasteiger partial charge in [0.15, 0.2) is 5.13 Å². The van der Waals surface area contributed by atoms with Gasteiger partial charge in [0.2, 0.25) is 0 Å². The molecule has 1 amide bonds. The monoisotopic (exact) mass is 414 g/mol. The molecule has 4 nitrogen and oxygen atoms in total. The summed E-state index contributed by atoms with van der Waals surface area (Å²) in [7, 11) is 0. The van der Waals surface area contributed by atoms with Crippen molar-refractivity contribution in [1.82, 2.24) is 4.98 Å². The van der Waals surface area contributed by atoms with Crippen LogP contribution in [0.15, 0.2) is 35.7 Å². The van der Waals surface area contributed by atoms with Crippen LogP contribution in [0.4, 0.5) is 5.13 Å². The van der Waals surface area contributed by atoms with Gasteiger partial charge in [0, 0.05) is 11.0 Å². The van der Waals surface area contributed by atoms with E-state index >= 15 is 0 Å². The molecule has 28 heavy (non-hydrogen) atoms. The van der Waals surface area contributed by atoms with E-state index in [9.17, 15) is 4.79 Å². The Labute approximate surface area is 175 Å². The second-order valence-electron chi connectivity index (χ2n) is 6.97. The van der Waals surface area contributed by atoms with Gasteiger partial charge >= 0.3 is 0 Å². The zero-order chi connectivity index (χ0) is 20.1. The molecule has 0 atom stereocenters. The lowest BCUT2D eigenvalue weighted by Gasteiger charge is -2.21. The van der Waals surface area contributed by atoms with Crippen LogP contribution in [0.1, 0.15) is 29.9 Å². The number of thiophene rings is 1. The quantitative estimate of drug-likeness (QED) is 0.567. The molecule has 0 fully saturated rings. The minimum absolute atomic E-state index is 0.00612. The maximum absolute atomic E-state index is 13.1. The summed E-state index contributed by atoms with van der Waals surface area (Å²) in [5.74, 6) is -0.00612. The molecule has 6 heteroatoms. The fraction of sp³-hybridized carbons (Fsp3) is 0.364. The van der Waals surface area contributed by atoms with Crippen molar-refractivity contribution in [2.24, 2.45) is 0 Å². The van der Waals surface area contributed by atoms with Crippen LogP contribution in [0.5, 0.6) is 0 Å². The van der Waals surface area contributed by atoms with Gasteiger partial charge in [0.25, 0.3) is 5.91 Å². The third-order valence-electron chi connectivity index (χ3n) is 4.93. The number of carbonyl (C=O) groups excluding carboxylic acids is 1. The summed E-state index contributed by atoms with van der Waals surface area (Å²) in [6.45, 7) is 12.3. The molecule has 0 radical (unpaired) electrons. The molecule has 0 saturated heterocycles. The highest BCUT2D eigenvalue weighted by molar-refractivity contribution is 7.22. The standard InChI is InChI=1S/C22H27N3OS2/c1-5-24(6-2)11-12-25(20(26)10-9-18-8-7-13-27-18)22-23-19-15-16(3)14-17(4)21(19)28-22/h7-10,13-15H,5-6,11-12H2,1-4H3/p+1/b10-9+. The van der Waals surface area contributed by atoms with E-state index in [4.69, 9.17) is 4.98 Å². The van der Waals surface area contributed by atoms with Gasteiger partial charge in [-0.05, 0) is 62.4 Å². The highest BCUT2D eigenvalue weighted by Gasteiger charge is 2.20. The van der Waals surface area contributed by atoms with E-state index in [0.29, 0.717) is 6.54 Å². The van der Waals surface area contributed by atoms with Crippen LogP contribution < -0.4 is 9.80 Å². The summed E-state index contributed by atoms with van der Waals surface area (Å²) < 4.78 is 1.16. The molecule has 1 N–H and O–H groups in total. The molecule has 0 aliphatic rings. The van der Waals surface area contributed by atoms with Gasteiger partial charge in [-0.3, -0.25) is 9.69 Å². The number of rotatable bonds is 8. The molecule has 1 aromatic carbocycles. The molecule has 0 aliphatic heterocycles. The number of amides is 1. The number of aryl methyl sites for hydroxylation is 2. The Bertz CT molecular complexity index is 956. The van der Waals surface area contributed by atoms with Crippen LogP contribution in [-0.4, -0.2) is 37.1 Å². The number of aromatic nitrogens is 1. The molecular weight excluding hydrogens is 386 g/mol. The fourth-order valence-electron chi connectivity index (χ4n) is 3.28. The summed E-state index contributed by atoms with van der Waals surface area (Å²) in [6.07, 6.45) is 3.57. The molecule has 2 aromatic heterocycles. The molecule has 0 unspecified atom stereocenters. The van der Waals surface area contributed by atoms with Gasteiger partial charge in [-0.15, -0.1) is 11.3 Å². The number of anilines is 1. The minimum atomic E-state index is -0.00612. The predicted molar refractivity (Wildman–Crippen MR) is 122 cm³/mol. The lowest BCUT2D eigenvalue weighted by molar-refractivity contribution is -0.894. The van der Waals surface area contributed by atoms with Gasteiger partial charge in [-0.1, -0.05) is 23.5 Å². The number of hydrogen-bond acceptors (Lipinski definition) is 4. The van der Waals surface area contributed by atoms with Crippen LogP contribution in [0.2, 0.25) is 0 Å². The number of thiazole rings is 1. The van der Waals surface area contributed by atoms with E-state index in [1.54, 1.807) is 28.7 Å². The van der Waals surface area contributed by atoms with E-state index in [-0.39, 0.29) is 5.91 Å². The zero-order valence-corrected chi connectivity index (χ0v) is 18.6. The molecule has 2 heterocycles. The maximum Gasteiger partial charge on any atom is 0.253 e. The predicted octanol–water partition coefficient (Wildman–Crippen LogP) is 3.95. The van der Waals surface area contributed by atoms with E-state index in [0.717, 1.165) is 39.9 Å². The normalized spacial score (nSPS) is 11.8. The van der Waals surface area contributed by atoms with Crippen molar-refractivity contribution < 1.29 is 9.69 Å². The molecule has 3 rings (SSSR count). The summed E-state index contributed by atoms with van der Waals surface area (Å²) in [5.41, 5.74) is 3.40. The van der Waals surface area contributed by atoms with E-state index in [1.165, 1.54) is 16.0 Å². The zero-order valence-electron chi connectivity index (χ0n) is 17.0. The topological polar surface area (TPSA) is 37.6 Å². The second-order valence-corrected chi connectivity index (χ2v) is 8.93. The number of carbonyl (C=O) groups is 1. The lowest BCUT2D eigenvalue weighted by Crippen LogP contribution is -3.12. The molecular formula is C22H28N3OS2+. The first-order chi connectivity index (χ1) is 13.5. The SMILES string of the molecule is CC[NH+](CC)CCN(C(=O)/C=C/c1cccs1)c1nc2cc(C)cc(C)c2s1. The third-order valence-corrected chi connectivity index (χ3v) is 7.00. The Balaban J connectivity index is 1.90. The minimum Gasteiger partial charge on any atom is -0.334 e. The van der Waals surface area contributed by atoms with Gasteiger partial charge in [0.05, 0.1) is 36.4 Å². The van der Waals surface area contributed by atoms with Crippen molar-refractivity contribution >= 4 is 50.0 Å². The highest BCUT2D eigenvalue weighted by atomic mass is 32.1. The first-order valence-corrected chi connectivity index (χ1v) is 11.5. The van der Waals surface area contributed by atoms with Crippen molar-refractivity contribution in [1.29, 1.82) is 0 Å². The first kappa shape index (κ1) is 20.7. The van der Waals surface area contributed by atoms with Crippen LogP contribution in [0, 0.1) is 13.8 Å². The maximum atomic E-state index is 13.1. The average Bonchev–Trinajstić information content (AvgIpc) is 3.33. The van der Waals surface area contributed by atoms with Gasteiger partial charge in [0.1, 0.15) is 0 Å². The van der Waals surface area contributed by atoms with Crippen LogP contribution in [0.3, 0.4) is 0 Å².